The highest BCUT2D eigenvalue weighted by molar-refractivity contribution is 6.13. The highest BCUT2D eigenvalue weighted by Gasteiger charge is 2.18. The van der Waals surface area contributed by atoms with Gasteiger partial charge in [0.1, 0.15) is 5.65 Å². The average molecular weight is 721 g/mol. The average Bonchev–Trinajstić information content (AvgIpc) is 3.88. The van der Waals surface area contributed by atoms with E-state index < -0.39 is 0 Å². The van der Waals surface area contributed by atoms with Crippen LogP contribution in [0.3, 0.4) is 0 Å². The van der Waals surface area contributed by atoms with Gasteiger partial charge in [-0.15, -0.1) is 0 Å². The van der Waals surface area contributed by atoms with Gasteiger partial charge in [0, 0.05) is 55.6 Å². The minimum absolute atomic E-state index is 0.969. The fraction of sp³-hybridized carbons (Fsp3) is 0.0962. The number of pyridine rings is 1. The Hall–Kier alpha value is -6.91. The molecule has 11 aromatic rings. The largest absolute Gasteiger partial charge is 0.309 e. The Morgan fingerprint density at radius 2 is 1.05 bits per heavy atom. The summed E-state index contributed by atoms with van der Waals surface area (Å²) in [5.74, 6) is 0. The van der Waals surface area contributed by atoms with Gasteiger partial charge in [0.15, 0.2) is 0 Å². The smallest absolute Gasteiger partial charge is 0.145 e. The molecule has 4 heteroatoms. The van der Waals surface area contributed by atoms with E-state index in [4.69, 9.17) is 4.98 Å². The first-order chi connectivity index (χ1) is 27.6. The van der Waals surface area contributed by atoms with Crippen molar-refractivity contribution < 1.29 is 0 Å². The van der Waals surface area contributed by atoms with Crippen molar-refractivity contribution in [3.05, 3.63) is 181 Å². The summed E-state index contributed by atoms with van der Waals surface area (Å²) < 4.78 is 7.15. The summed E-state index contributed by atoms with van der Waals surface area (Å²) in [6.45, 7) is 4.46. The molecule has 0 radical (unpaired) electrons. The monoisotopic (exact) mass is 720 g/mol. The lowest BCUT2D eigenvalue weighted by Gasteiger charge is -2.12. The maximum absolute atomic E-state index is 4.83. The van der Waals surface area contributed by atoms with Gasteiger partial charge in [-0.25, -0.2) is 4.98 Å². The van der Waals surface area contributed by atoms with Gasteiger partial charge in [-0.05, 0) is 134 Å². The number of nitrogens with zero attached hydrogens (tertiary/aromatic N) is 4. The molecule has 0 fully saturated rings. The molecule has 0 atom stereocenters. The summed E-state index contributed by atoms with van der Waals surface area (Å²) in [6.07, 6.45) is 5.40. The van der Waals surface area contributed by atoms with Gasteiger partial charge < -0.3 is 9.13 Å². The summed E-state index contributed by atoms with van der Waals surface area (Å²) in [4.78, 5) is 4.83. The predicted octanol–water partition coefficient (Wildman–Crippen LogP) is 13.7. The summed E-state index contributed by atoms with van der Waals surface area (Å²) >= 11 is 0. The number of fused-ring (bicyclic) bond motifs is 9. The zero-order valence-electron chi connectivity index (χ0n) is 31.6. The van der Waals surface area contributed by atoms with Gasteiger partial charge in [-0.2, -0.15) is 0 Å². The van der Waals surface area contributed by atoms with Crippen molar-refractivity contribution in [3.8, 4) is 28.2 Å². The van der Waals surface area contributed by atoms with Crippen LogP contribution in [0, 0.1) is 6.92 Å². The summed E-state index contributed by atoms with van der Waals surface area (Å²) in [7, 11) is 0. The Morgan fingerprint density at radius 1 is 0.429 bits per heavy atom. The predicted molar refractivity (Wildman–Crippen MR) is 236 cm³/mol. The molecule has 0 bridgehead atoms. The summed E-state index contributed by atoms with van der Waals surface area (Å²) in [5, 5.41) is 7.48. The van der Waals surface area contributed by atoms with E-state index in [-0.39, 0.29) is 0 Å². The van der Waals surface area contributed by atoms with Crippen molar-refractivity contribution in [1.29, 1.82) is 0 Å². The fourth-order valence-corrected chi connectivity index (χ4v) is 9.07. The molecule has 7 aromatic carbocycles. The molecule has 0 N–H and O–H groups in total. The number of hydrogen-bond donors (Lipinski definition) is 0. The number of aryl methyl sites for hydroxylation is 2. The molecule has 268 valence electrons. The first-order valence-electron chi connectivity index (χ1n) is 19.8. The number of hydrogen-bond acceptors (Lipinski definition) is 1. The van der Waals surface area contributed by atoms with Crippen LogP contribution in [0.25, 0.3) is 93.7 Å². The van der Waals surface area contributed by atoms with Crippen molar-refractivity contribution in [2.45, 2.75) is 33.1 Å². The maximum atomic E-state index is 4.83. The molecule has 0 unspecified atom stereocenters. The molecule has 0 aliphatic heterocycles. The normalized spacial score (nSPS) is 12.0. The lowest BCUT2D eigenvalue weighted by atomic mass is 10.0. The fourth-order valence-electron chi connectivity index (χ4n) is 9.07. The third-order valence-corrected chi connectivity index (χ3v) is 11.7. The molecule has 4 nitrogen and oxygen atoms in total. The van der Waals surface area contributed by atoms with Crippen molar-refractivity contribution in [2.24, 2.45) is 0 Å². The summed E-state index contributed by atoms with van der Waals surface area (Å²) in [5.41, 5.74) is 15.5. The molecule has 0 spiro atoms. The third kappa shape index (κ3) is 5.03. The van der Waals surface area contributed by atoms with Gasteiger partial charge in [0.05, 0.1) is 27.6 Å². The van der Waals surface area contributed by atoms with Crippen LogP contribution < -0.4 is 0 Å². The number of unbranched alkanes of at least 4 members (excludes halogenated alkanes) is 1. The molecule has 0 saturated heterocycles. The van der Waals surface area contributed by atoms with E-state index in [9.17, 15) is 0 Å². The number of aromatic nitrogens is 4. The molecule has 4 aromatic heterocycles. The van der Waals surface area contributed by atoms with Crippen LogP contribution in [-0.4, -0.2) is 18.7 Å². The van der Waals surface area contributed by atoms with Crippen LogP contribution >= 0.6 is 0 Å². The van der Waals surface area contributed by atoms with Crippen molar-refractivity contribution >= 4 is 65.5 Å². The Bertz CT molecular complexity index is 3300. The van der Waals surface area contributed by atoms with Gasteiger partial charge in [-0.3, -0.25) is 4.57 Å². The molecule has 4 heterocycles. The van der Waals surface area contributed by atoms with E-state index >= 15 is 0 Å². The highest BCUT2D eigenvalue weighted by Crippen LogP contribution is 2.39. The molecule has 0 amide bonds. The van der Waals surface area contributed by atoms with Gasteiger partial charge in [0.2, 0.25) is 0 Å². The first-order valence-corrected chi connectivity index (χ1v) is 19.8. The Kier molecular flexibility index (Phi) is 7.46. The van der Waals surface area contributed by atoms with Crippen molar-refractivity contribution in [2.75, 3.05) is 0 Å². The molecule has 0 aliphatic rings. The van der Waals surface area contributed by atoms with Crippen molar-refractivity contribution in [3.63, 3.8) is 0 Å². The van der Waals surface area contributed by atoms with E-state index in [2.05, 4.69) is 185 Å². The lowest BCUT2D eigenvalue weighted by Crippen LogP contribution is -1.96. The van der Waals surface area contributed by atoms with Crippen LogP contribution in [0.15, 0.2) is 170 Å². The lowest BCUT2D eigenvalue weighted by molar-refractivity contribution is 0.796. The van der Waals surface area contributed by atoms with E-state index in [1.165, 1.54) is 89.8 Å². The minimum Gasteiger partial charge on any atom is -0.309 e. The Morgan fingerprint density at radius 3 is 1.91 bits per heavy atom. The second kappa shape index (κ2) is 12.9. The maximum Gasteiger partial charge on any atom is 0.145 e. The quantitative estimate of drug-likeness (QED) is 0.161. The topological polar surface area (TPSA) is 27.7 Å². The molecule has 0 saturated carbocycles. The van der Waals surface area contributed by atoms with Crippen LogP contribution in [0.2, 0.25) is 0 Å². The minimum atomic E-state index is 0.969. The van der Waals surface area contributed by atoms with E-state index in [0.29, 0.717) is 0 Å². The Balaban J connectivity index is 1.06. The summed E-state index contributed by atoms with van der Waals surface area (Å²) in [6, 6.07) is 60.3. The highest BCUT2D eigenvalue weighted by atomic mass is 15.0. The number of benzene rings is 7. The number of rotatable bonds is 7. The molecular weight excluding hydrogens is 681 g/mol. The molecule has 56 heavy (non-hydrogen) atoms. The third-order valence-electron chi connectivity index (χ3n) is 11.7. The van der Waals surface area contributed by atoms with Gasteiger partial charge >= 0.3 is 0 Å². The van der Waals surface area contributed by atoms with E-state index in [0.717, 1.165) is 34.3 Å². The van der Waals surface area contributed by atoms with E-state index in [1.807, 2.05) is 12.3 Å². The van der Waals surface area contributed by atoms with Crippen LogP contribution in [0.4, 0.5) is 0 Å². The standard InChI is InChI=1S/C52H40N4/c1-3-4-12-35-21-25-49-44(30-35)43-29-34(2)20-24-48(43)55(49)40-23-27-50-46(33-40)41-17-8-9-19-47(41)54(50)39-16-10-13-36(31-39)37-22-26-51-45(32-37)42-18-11-28-53-52(42)56(51)38-14-6-5-7-15-38/h5-11,13-33H,3-4,12H2,1-2H3. The van der Waals surface area contributed by atoms with Crippen LogP contribution in [-0.2, 0) is 6.42 Å². The SMILES string of the molecule is CCCCc1ccc2c(c1)c1cc(C)ccc1n2-c1ccc2c(c1)c1ccccc1n2-c1cccc(-c2ccc3c(c2)c2cccnc2n3-c2ccccc2)c1. The number of para-hydroxylation sites is 2. The van der Waals surface area contributed by atoms with Gasteiger partial charge in [-0.1, -0.05) is 85.6 Å². The molecular formula is C52H40N4. The van der Waals surface area contributed by atoms with Crippen LogP contribution in [0.1, 0.15) is 30.9 Å². The second-order valence-electron chi connectivity index (χ2n) is 15.2. The van der Waals surface area contributed by atoms with Crippen LogP contribution in [0.5, 0.6) is 0 Å². The van der Waals surface area contributed by atoms with Gasteiger partial charge in [0.25, 0.3) is 0 Å². The first kappa shape index (κ1) is 32.5. The van der Waals surface area contributed by atoms with Crippen molar-refractivity contribution in [1.82, 2.24) is 18.7 Å². The molecule has 11 rings (SSSR count). The van der Waals surface area contributed by atoms with E-state index in [1.54, 1.807) is 0 Å². The second-order valence-corrected chi connectivity index (χ2v) is 15.2. The Labute approximate surface area is 325 Å². The molecule has 0 aliphatic carbocycles. The zero-order valence-corrected chi connectivity index (χ0v) is 31.6. The zero-order chi connectivity index (χ0) is 37.3.